The van der Waals surface area contributed by atoms with Crippen molar-refractivity contribution in [1.82, 2.24) is 0 Å². The molecule has 92 valence electrons. The Balaban J connectivity index is 2.29. The van der Waals surface area contributed by atoms with E-state index in [-0.39, 0.29) is 0 Å². The molecule has 0 heterocycles. The molecule has 1 amide bonds. The molecule has 0 radical (unpaired) electrons. The Hall–Kier alpha value is -1.51. The Morgan fingerprint density at radius 1 is 1.00 bits per heavy atom. The van der Waals surface area contributed by atoms with Crippen molar-refractivity contribution in [2.24, 2.45) is 0 Å². The number of rotatable bonds is 4. The molecule has 0 bridgehead atoms. The van der Waals surface area contributed by atoms with Crippen molar-refractivity contribution in [2.75, 3.05) is 4.90 Å². The van der Waals surface area contributed by atoms with Gasteiger partial charge in [0.1, 0.15) is 0 Å². The van der Waals surface area contributed by atoms with Crippen LogP contribution in [0.15, 0.2) is 48.5 Å². The highest BCUT2D eigenvalue weighted by Gasteiger charge is 2.12. The molecule has 0 saturated carbocycles. The monoisotopic (exact) mass is 279 g/mol. The summed E-state index contributed by atoms with van der Waals surface area (Å²) in [7, 11) is 0. The SMILES string of the molecule is O=CN(Cc1ccccc1)c1cccc(Cl)c1Cl. The fourth-order valence-corrected chi connectivity index (χ4v) is 2.08. The minimum absolute atomic E-state index is 0.391. The topological polar surface area (TPSA) is 20.3 Å². The van der Waals surface area contributed by atoms with E-state index in [1.165, 1.54) is 4.90 Å². The summed E-state index contributed by atoms with van der Waals surface area (Å²) >= 11 is 12.0. The predicted octanol–water partition coefficient (Wildman–Crippen LogP) is 4.16. The number of amides is 1. The number of carbonyl (C=O) groups excluding carboxylic acids is 1. The molecule has 0 spiro atoms. The van der Waals surface area contributed by atoms with E-state index in [1.807, 2.05) is 30.3 Å². The van der Waals surface area contributed by atoms with Gasteiger partial charge in [-0.3, -0.25) is 4.79 Å². The lowest BCUT2D eigenvalue weighted by Gasteiger charge is -2.19. The Labute approximate surface area is 116 Å². The maximum Gasteiger partial charge on any atom is 0.214 e. The van der Waals surface area contributed by atoms with E-state index in [1.54, 1.807) is 18.2 Å². The molecule has 0 N–H and O–H groups in total. The highest BCUT2D eigenvalue weighted by Crippen LogP contribution is 2.32. The first kappa shape index (κ1) is 12.9. The molecule has 0 aliphatic heterocycles. The maximum absolute atomic E-state index is 11.2. The second kappa shape index (κ2) is 5.89. The molecule has 2 rings (SSSR count). The number of carbonyl (C=O) groups is 1. The highest BCUT2D eigenvalue weighted by molar-refractivity contribution is 6.43. The fraction of sp³-hybridized carbons (Fsp3) is 0.0714. The molecule has 2 aromatic carbocycles. The molecule has 2 aromatic rings. The summed E-state index contributed by atoms with van der Waals surface area (Å²) in [6.07, 6.45) is 0.755. The predicted molar refractivity (Wildman–Crippen MR) is 75.2 cm³/mol. The van der Waals surface area contributed by atoms with Gasteiger partial charge >= 0.3 is 0 Å². The van der Waals surface area contributed by atoms with E-state index in [0.29, 0.717) is 22.3 Å². The number of halogens is 2. The Morgan fingerprint density at radius 2 is 1.72 bits per heavy atom. The summed E-state index contributed by atoms with van der Waals surface area (Å²) in [6, 6.07) is 14.9. The van der Waals surface area contributed by atoms with E-state index in [9.17, 15) is 4.79 Å². The molecule has 18 heavy (non-hydrogen) atoms. The van der Waals surface area contributed by atoms with Crippen molar-refractivity contribution in [3.05, 3.63) is 64.1 Å². The third-order valence-electron chi connectivity index (χ3n) is 2.56. The standard InChI is InChI=1S/C14H11Cl2NO/c15-12-7-4-8-13(14(12)16)17(10-18)9-11-5-2-1-3-6-11/h1-8,10H,9H2. The quantitative estimate of drug-likeness (QED) is 0.770. The molecular formula is C14H11Cl2NO. The summed E-state index contributed by atoms with van der Waals surface area (Å²) in [6.45, 7) is 0.463. The largest absolute Gasteiger partial charge is 0.309 e. The Kier molecular flexibility index (Phi) is 4.24. The van der Waals surface area contributed by atoms with E-state index in [2.05, 4.69) is 0 Å². The molecule has 0 fully saturated rings. The summed E-state index contributed by atoms with van der Waals surface area (Å²) in [5.41, 5.74) is 1.64. The summed E-state index contributed by atoms with van der Waals surface area (Å²) in [5.74, 6) is 0. The second-order valence-corrected chi connectivity index (χ2v) is 4.58. The summed E-state index contributed by atoms with van der Waals surface area (Å²) in [5, 5.41) is 0.830. The van der Waals surface area contributed by atoms with E-state index >= 15 is 0 Å². The number of benzene rings is 2. The number of hydrogen-bond acceptors (Lipinski definition) is 1. The van der Waals surface area contributed by atoms with Gasteiger partial charge in [0.2, 0.25) is 6.41 Å². The first-order valence-corrected chi connectivity index (χ1v) is 6.18. The number of nitrogens with zero attached hydrogens (tertiary/aromatic N) is 1. The van der Waals surface area contributed by atoms with Crippen LogP contribution >= 0.6 is 23.2 Å². The van der Waals surface area contributed by atoms with Crippen molar-refractivity contribution < 1.29 is 4.79 Å². The normalized spacial score (nSPS) is 10.1. The van der Waals surface area contributed by atoms with Crippen LogP contribution in [-0.2, 0) is 11.3 Å². The average Bonchev–Trinajstić information content (AvgIpc) is 2.41. The molecule has 0 unspecified atom stereocenters. The van der Waals surface area contributed by atoms with Crippen LogP contribution in [0, 0.1) is 0 Å². The third kappa shape index (κ3) is 2.84. The zero-order chi connectivity index (χ0) is 13.0. The summed E-state index contributed by atoms with van der Waals surface area (Å²) in [4.78, 5) is 12.7. The molecule has 0 aromatic heterocycles. The van der Waals surface area contributed by atoms with Gasteiger partial charge in [-0.1, -0.05) is 59.6 Å². The molecule has 2 nitrogen and oxygen atoms in total. The van der Waals surface area contributed by atoms with Gasteiger partial charge in [-0.2, -0.15) is 0 Å². The van der Waals surface area contributed by atoms with Crippen molar-refractivity contribution in [3.63, 3.8) is 0 Å². The van der Waals surface area contributed by atoms with Crippen molar-refractivity contribution in [2.45, 2.75) is 6.54 Å². The van der Waals surface area contributed by atoms with Gasteiger partial charge in [-0.25, -0.2) is 0 Å². The zero-order valence-corrected chi connectivity index (χ0v) is 11.0. The molecule has 0 aliphatic rings. The van der Waals surface area contributed by atoms with Gasteiger partial charge in [0.25, 0.3) is 0 Å². The van der Waals surface area contributed by atoms with Crippen LogP contribution in [0.2, 0.25) is 10.0 Å². The third-order valence-corrected chi connectivity index (χ3v) is 3.37. The van der Waals surface area contributed by atoms with Crippen LogP contribution in [-0.4, -0.2) is 6.41 Å². The molecular weight excluding hydrogens is 269 g/mol. The van der Waals surface area contributed by atoms with Gasteiger partial charge in [0.15, 0.2) is 0 Å². The molecule has 0 saturated heterocycles. The number of hydrogen-bond donors (Lipinski definition) is 0. The minimum Gasteiger partial charge on any atom is -0.309 e. The van der Waals surface area contributed by atoms with Crippen LogP contribution in [0.4, 0.5) is 5.69 Å². The smallest absolute Gasteiger partial charge is 0.214 e. The first-order chi connectivity index (χ1) is 8.72. The summed E-state index contributed by atoms with van der Waals surface area (Å²) < 4.78 is 0. The maximum atomic E-state index is 11.2. The molecule has 0 aliphatic carbocycles. The van der Waals surface area contributed by atoms with Crippen molar-refractivity contribution in [1.29, 1.82) is 0 Å². The highest BCUT2D eigenvalue weighted by atomic mass is 35.5. The first-order valence-electron chi connectivity index (χ1n) is 5.42. The van der Waals surface area contributed by atoms with Gasteiger partial charge in [-0.05, 0) is 17.7 Å². The molecule has 4 heteroatoms. The van der Waals surface area contributed by atoms with Gasteiger partial charge in [-0.15, -0.1) is 0 Å². The Bertz CT molecular complexity index is 543. The van der Waals surface area contributed by atoms with Gasteiger partial charge in [0.05, 0.1) is 22.3 Å². The fourth-order valence-electron chi connectivity index (χ4n) is 1.67. The minimum atomic E-state index is 0.391. The van der Waals surface area contributed by atoms with E-state index in [0.717, 1.165) is 12.0 Å². The lowest BCUT2D eigenvalue weighted by molar-refractivity contribution is -0.107. The van der Waals surface area contributed by atoms with Gasteiger partial charge in [0, 0.05) is 0 Å². The van der Waals surface area contributed by atoms with Crippen LogP contribution in [0.5, 0.6) is 0 Å². The van der Waals surface area contributed by atoms with Crippen LogP contribution < -0.4 is 4.90 Å². The zero-order valence-electron chi connectivity index (χ0n) is 9.51. The Morgan fingerprint density at radius 3 is 2.39 bits per heavy atom. The van der Waals surface area contributed by atoms with Crippen LogP contribution in [0.3, 0.4) is 0 Å². The lowest BCUT2D eigenvalue weighted by Crippen LogP contribution is -2.20. The number of anilines is 1. The second-order valence-electron chi connectivity index (χ2n) is 3.79. The van der Waals surface area contributed by atoms with E-state index in [4.69, 9.17) is 23.2 Å². The van der Waals surface area contributed by atoms with Crippen LogP contribution in [0.1, 0.15) is 5.56 Å². The average molecular weight is 280 g/mol. The van der Waals surface area contributed by atoms with Crippen molar-refractivity contribution in [3.8, 4) is 0 Å². The molecule has 0 atom stereocenters. The van der Waals surface area contributed by atoms with Crippen molar-refractivity contribution >= 4 is 35.3 Å². The van der Waals surface area contributed by atoms with Crippen LogP contribution in [0.25, 0.3) is 0 Å². The van der Waals surface area contributed by atoms with Gasteiger partial charge < -0.3 is 4.90 Å². The van der Waals surface area contributed by atoms with E-state index < -0.39 is 0 Å². The lowest BCUT2D eigenvalue weighted by atomic mass is 10.2.